The van der Waals surface area contributed by atoms with Crippen molar-refractivity contribution in [3.63, 3.8) is 0 Å². The zero-order valence-electron chi connectivity index (χ0n) is 16.3. The predicted molar refractivity (Wildman–Crippen MR) is 117 cm³/mol. The molecule has 3 aromatic rings. The summed E-state index contributed by atoms with van der Waals surface area (Å²) in [5, 5.41) is 2.90. The van der Waals surface area contributed by atoms with Gasteiger partial charge in [-0.2, -0.15) is 0 Å². The maximum atomic E-state index is 12.5. The number of halogens is 1. The second-order valence-electron chi connectivity index (χ2n) is 7.13. The van der Waals surface area contributed by atoms with E-state index in [0.717, 1.165) is 35.4 Å². The molecule has 2 aromatic carbocycles. The summed E-state index contributed by atoms with van der Waals surface area (Å²) in [4.78, 5) is 21.0. The summed E-state index contributed by atoms with van der Waals surface area (Å²) in [5.74, 6) is 1.97. The third-order valence-electron chi connectivity index (χ3n) is 5.21. The largest absolute Gasteiger partial charge is 0.493 e. The Bertz CT molecular complexity index is 964. The SMILES string of the molecule is O=C(CCCOc1cccc2ccccc12)N1CCN(c2ccc(Cl)cn2)CC1. The highest BCUT2D eigenvalue weighted by atomic mass is 35.5. The zero-order valence-corrected chi connectivity index (χ0v) is 17.0. The van der Waals surface area contributed by atoms with Crippen LogP contribution in [0.15, 0.2) is 60.8 Å². The van der Waals surface area contributed by atoms with E-state index in [1.807, 2.05) is 41.3 Å². The van der Waals surface area contributed by atoms with Crippen LogP contribution in [0.1, 0.15) is 12.8 Å². The van der Waals surface area contributed by atoms with Gasteiger partial charge in [0.15, 0.2) is 0 Å². The molecule has 0 aliphatic carbocycles. The Morgan fingerprint density at radius 3 is 2.59 bits per heavy atom. The van der Waals surface area contributed by atoms with Crippen LogP contribution < -0.4 is 9.64 Å². The summed E-state index contributed by atoms with van der Waals surface area (Å²) in [7, 11) is 0. The summed E-state index contributed by atoms with van der Waals surface area (Å²) >= 11 is 5.90. The molecule has 1 aromatic heterocycles. The maximum Gasteiger partial charge on any atom is 0.222 e. The van der Waals surface area contributed by atoms with Gasteiger partial charge in [0.25, 0.3) is 0 Å². The van der Waals surface area contributed by atoms with Gasteiger partial charge in [0.2, 0.25) is 5.91 Å². The van der Waals surface area contributed by atoms with Crippen molar-refractivity contribution in [2.45, 2.75) is 12.8 Å². The second-order valence-corrected chi connectivity index (χ2v) is 7.57. The van der Waals surface area contributed by atoms with Gasteiger partial charge < -0.3 is 14.5 Å². The van der Waals surface area contributed by atoms with Crippen molar-refractivity contribution in [3.05, 3.63) is 65.8 Å². The molecule has 0 N–H and O–H groups in total. The van der Waals surface area contributed by atoms with Gasteiger partial charge in [-0.3, -0.25) is 4.79 Å². The van der Waals surface area contributed by atoms with E-state index in [-0.39, 0.29) is 5.91 Å². The fourth-order valence-corrected chi connectivity index (χ4v) is 3.74. The number of rotatable bonds is 6. The first-order chi connectivity index (χ1) is 14.2. The first kappa shape index (κ1) is 19.5. The van der Waals surface area contributed by atoms with Crippen LogP contribution in [0, 0.1) is 0 Å². The molecule has 0 radical (unpaired) electrons. The minimum absolute atomic E-state index is 0.190. The van der Waals surface area contributed by atoms with Crippen LogP contribution in [0.25, 0.3) is 10.8 Å². The minimum Gasteiger partial charge on any atom is -0.493 e. The lowest BCUT2D eigenvalue weighted by molar-refractivity contribution is -0.131. The van der Waals surface area contributed by atoms with E-state index < -0.39 is 0 Å². The molecule has 2 heterocycles. The van der Waals surface area contributed by atoms with Crippen LogP contribution in [-0.4, -0.2) is 48.6 Å². The van der Waals surface area contributed by atoms with Crippen LogP contribution in [0.3, 0.4) is 0 Å². The maximum absolute atomic E-state index is 12.5. The smallest absolute Gasteiger partial charge is 0.222 e. The Balaban J connectivity index is 1.22. The van der Waals surface area contributed by atoms with E-state index >= 15 is 0 Å². The van der Waals surface area contributed by atoms with Crippen molar-refractivity contribution in [1.82, 2.24) is 9.88 Å². The monoisotopic (exact) mass is 409 g/mol. The normalized spacial score (nSPS) is 14.2. The fourth-order valence-electron chi connectivity index (χ4n) is 3.63. The molecule has 0 saturated carbocycles. The summed E-state index contributed by atoms with van der Waals surface area (Å²) < 4.78 is 5.94. The summed E-state index contributed by atoms with van der Waals surface area (Å²) in [5.41, 5.74) is 0. The molecule has 29 heavy (non-hydrogen) atoms. The van der Waals surface area contributed by atoms with Crippen molar-refractivity contribution < 1.29 is 9.53 Å². The number of fused-ring (bicyclic) bond motifs is 1. The van der Waals surface area contributed by atoms with E-state index in [1.165, 1.54) is 0 Å². The molecular weight excluding hydrogens is 386 g/mol. The lowest BCUT2D eigenvalue weighted by atomic mass is 10.1. The van der Waals surface area contributed by atoms with E-state index in [1.54, 1.807) is 6.20 Å². The van der Waals surface area contributed by atoms with Gasteiger partial charge in [0, 0.05) is 44.2 Å². The first-order valence-corrected chi connectivity index (χ1v) is 10.3. The van der Waals surface area contributed by atoms with Crippen LogP contribution in [-0.2, 0) is 4.79 Å². The molecule has 0 spiro atoms. The van der Waals surface area contributed by atoms with E-state index in [0.29, 0.717) is 37.6 Å². The van der Waals surface area contributed by atoms with Gasteiger partial charge in [0.05, 0.1) is 11.6 Å². The molecule has 1 aliphatic heterocycles. The van der Waals surface area contributed by atoms with Crippen LogP contribution >= 0.6 is 11.6 Å². The number of ether oxygens (including phenoxy) is 1. The number of pyridine rings is 1. The van der Waals surface area contributed by atoms with E-state index in [2.05, 4.69) is 28.1 Å². The molecule has 1 saturated heterocycles. The lowest BCUT2D eigenvalue weighted by Crippen LogP contribution is -2.49. The highest BCUT2D eigenvalue weighted by Gasteiger charge is 2.21. The van der Waals surface area contributed by atoms with Gasteiger partial charge in [-0.25, -0.2) is 4.98 Å². The quantitative estimate of drug-likeness (QED) is 0.566. The Morgan fingerprint density at radius 2 is 1.79 bits per heavy atom. The number of nitrogens with zero attached hydrogens (tertiary/aromatic N) is 3. The Morgan fingerprint density at radius 1 is 1.00 bits per heavy atom. The highest BCUT2D eigenvalue weighted by Crippen LogP contribution is 2.25. The minimum atomic E-state index is 0.190. The van der Waals surface area contributed by atoms with E-state index in [4.69, 9.17) is 16.3 Å². The fraction of sp³-hybridized carbons (Fsp3) is 0.304. The molecule has 1 aliphatic rings. The number of anilines is 1. The topological polar surface area (TPSA) is 45.7 Å². The number of piperazine rings is 1. The Hall–Kier alpha value is -2.79. The van der Waals surface area contributed by atoms with Gasteiger partial charge in [-0.1, -0.05) is 48.0 Å². The summed E-state index contributed by atoms with van der Waals surface area (Å²) in [6.07, 6.45) is 2.87. The number of carbonyl (C=O) groups is 1. The molecule has 0 unspecified atom stereocenters. The highest BCUT2D eigenvalue weighted by molar-refractivity contribution is 6.30. The number of amides is 1. The molecule has 1 amide bonds. The number of aromatic nitrogens is 1. The Labute approximate surface area is 175 Å². The first-order valence-electron chi connectivity index (χ1n) is 9.95. The van der Waals surface area contributed by atoms with Crippen molar-refractivity contribution in [2.24, 2.45) is 0 Å². The lowest BCUT2D eigenvalue weighted by Gasteiger charge is -2.35. The zero-order chi connectivity index (χ0) is 20.1. The number of hydrogen-bond donors (Lipinski definition) is 0. The average Bonchev–Trinajstić information content (AvgIpc) is 2.77. The molecule has 5 nitrogen and oxygen atoms in total. The summed E-state index contributed by atoms with van der Waals surface area (Å²) in [6, 6.07) is 18.0. The molecule has 150 valence electrons. The molecular formula is C23H24ClN3O2. The van der Waals surface area contributed by atoms with Crippen molar-refractivity contribution in [3.8, 4) is 5.75 Å². The van der Waals surface area contributed by atoms with Gasteiger partial charge >= 0.3 is 0 Å². The Kier molecular flexibility index (Phi) is 6.15. The molecule has 0 bridgehead atoms. The van der Waals surface area contributed by atoms with Crippen molar-refractivity contribution in [1.29, 1.82) is 0 Å². The molecule has 6 heteroatoms. The van der Waals surface area contributed by atoms with E-state index in [9.17, 15) is 4.79 Å². The van der Waals surface area contributed by atoms with Crippen molar-refractivity contribution >= 4 is 34.1 Å². The van der Waals surface area contributed by atoms with Crippen LogP contribution in [0.5, 0.6) is 5.75 Å². The number of carbonyl (C=O) groups excluding carboxylic acids is 1. The molecule has 4 rings (SSSR count). The van der Waals surface area contributed by atoms with Gasteiger partial charge in [-0.15, -0.1) is 0 Å². The van der Waals surface area contributed by atoms with Crippen LogP contribution in [0.2, 0.25) is 5.02 Å². The van der Waals surface area contributed by atoms with Gasteiger partial charge in [-0.05, 0) is 30.0 Å². The van der Waals surface area contributed by atoms with Gasteiger partial charge in [0.1, 0.15) is 11.6 Å². The molecule has 0 atom stereocenters. The average molecular weight is 410 g/mol. The third-order valence-corrected chi connectivity index (χ3v) is 5.43. The number of hydrogen-bond acceptors (Lipinski definition) is 4. The summed E-state index contributed by atoms with van der Waals surface area (Å²) in [6.45, 7) is 3.54. The van der Waals surface area contributed by atoms with Crippen molar-refractivity contribution in [2.75, 3.05) is 37.7 Å². The predicted octanol–water partition coefficient (Wildman–Crippen LogP) is 4.40. The van der Waals surface area contributed by atoms with Crippen LogP contribution in [0.4, 0.5) is 5.82 Å². The standard InChI is InChI=1S/C23H24ClN3O2/c24-19-10-11-22(25-17-19)26-12-14-27(15-13-26)23(28)9-4-16-29-21-8-3-6-18-5-1-2-7-20(18)21/h1-3,5-8,10-11,17H,4,9,12-16H2. The second kappa shape index (κ2) is 9.14. The molecule has 1 fully saturated rings. The number of benzene rings is 2. The third kappa shape index (κ3) is 4.80.